The molecular formula is C23H26N6O3S2. The summed E-state index contributed by atoms with van der Waals surface area (Å²) in [6.07, 6.45) is 6.57. The van der Waals surface area contributed by atoms with Crippen molar-refractivity contribution in [1.29, 1.82) is 0 Å². The predicted molar refractivity (Wildman–Crippen MR) is 135 cm³/mol. The van der Waals surface area contributed by atoms with E-state index in [9.17, 15) is 14.4 Å². The van der Waals surface area contributed by atoms with Gasteiger partial charge in [0.2, 0.25) is 16.9 Å². The summed E-state index contributed by atoms with van der Waals surface area (Å²) in [6.45, 7) is 3.53. The van der Waals surface area contributed by atoms with Crippen LogP contribution in [0.4, 0.5) is 10.8 Å². The number of carbonyl (C=O) groups excluding carboxylic acids is 2. The molecule has 9 nitrogen and oxygen atoms in total. The van der Waals surface area contributed by atoms with Gasteiger partial charge in [-0.2, -0.15) is 0 Å². The summed E-state index contributed by atoms with van der Waals surface area (Å²) in [4.78, 5) is 38.3. The fourth-order valence-corrected chi connectivity index (χ4v) is 5.59. The number of aromatic nitrogens is 4. The average molecular weight is 499 g/mol. The van der Waals surface area contributed by atoms with Crippen LogP contribution in [0, 0.1) is 12.8 Å². The van der Waals surface area contributed by atoms with Crippen LogP contribution in [0.5, 0.6) is 0 Å². The molecule has 2 atom stereocenters. The zero-order valence-electron chi connectivity index (χ0n) is 19.1. The summed E-state index contributed by atoms with van der Waals surface area (Å²) < 4.78 is 3.80. The molecular weight excluding hydrogens is 472 g/mol. The largest absolute Gasteiger partial charge is 0.319 e. The Hall–Kier alpha value is -3.18. The van der Waals surface area contributed by atoms with Crippen LogP contribution in [-0.2, 0) is 16.6 Å². The molecule has 0 bridgehead atoms. The van der Waals surface area contributed by atoms with Gasteiger partial charge < -0.3 is 10.6 Å². The van der Waals surface area contributed by atoms with Gasteiger partial charge in [-0.1, -0.05) is 53.4 Å². The second kappa shape index (κ2) is 10.4. The van der Waals surface area contributed by atoms with Crippen LogP contribution >= 0.6 is 23.1 Å². The van der Waals surface area contributed by atoms with Gasteiger partial charge >= 0.3 is 0 Å². The van der Waals surface area contributed by atoms with Crippen molar-refractivity contribution in [2.75, 3.05) is 10.6 Å². The summed E-state index contributed by atoms with van der Waals surface area (Å²) in [6, 6.07) is 9.26. The van der Waals surface area contributed by atoms with E-state index in [4.69, 9.17) is 0 Å². The standard InChI is InChI=1S/C23H26N6O3S2/c1-14-18(21(32)29(28(14)3)17-12-8-5-9-13-17)24-19(30)15(2)33-23-27-26-22(34-23)25-20(31)16-10-6-4-7-11-16/h4-6,8-9,12-13,15-16H,7,10-11H2,1-3H3,(H,24,30)(H,25,26,31)/t15-,16-/m0/s1. The highest BCUT2D eigenvalue weighted by atomic mass is 32.2. The highest BCUT2D eigenvalue weighted by molar-refractivity contribution is 8.02. The van der Waals surface area contributed by atoms with E-state index in [1.54, 1.807) is 25.6 Å². The molecule has 11 heteroatoms. The van der Waals surface area contributed by atoms with Crippen LogP contribution in [0.2, 0.25) is 0 Å². The first-order valence-corrected chi connectivity index (χ1v) is 12.7. The van der Waals surface area contributed by atoms with E-state index in [2.05, 4.69) is 26.9 Å². The molecule has 4 rings (SSSR count). The lowest BCUT2D eigenvalue weighted by Gasteiger charge is -2.15. The first kappa shape index (κ1) is 24.0. The highest BCUT2D eigenvalue weighted by Gasteiger charge is 2.24. The van der Waals surface area contributed by atoms with E-state index in [0.717, 1.165) is 19.3 Å². The number of hydrogen-bond acceptors (Lipinski definition) is 7. The third-order valence-corrected chi connectivity index (χ3v) is 7.75. The number of benzene rings is 1. The summed E-state index contributed by atoms with van der Waals surface area (Å²) in [5.41, 5.74) is 1.32. The van der Waals surface area contributed by atoms with Crippen molar-refractivity contribution < 1.29 is 9.59 Å². The van der Waals surface area contributed by atoms with Gasteiger partial charge in [0, 0.05) is 13.0 Å². The number of nitrogens with one attached hydrogen (secondary N) is 2. The van der Waals surface area contributed by atoms with Gasteiger partial charge in [-0.05, 0) is 45.2 Å². The molecule has 2 heterocycles. The molecule has 178 valence electrons. The third-order valence-electron chi connectivity index (χ3n) is 5.73. The van der Waals surface area contributed by atoms with Crippen molar-refractivity contribution in [2.45, 2.75) is 42.7 Å². The van der Waals surface area contributed by atoms with E-state index in [1.165, 1.54) is 27.8 Å². The Morgan fingerprint density at radius 2 is 1.94 bits per heavy atom. The van der Waals surface area contributed by atoms with Gasteiger partial charge in [-0.25, -0.2) is 4.68 Å². The summed E-state index contributed by atoms with van der Waals surface area (Å²) in [5, 5.41) is 13.6. The molecule has 0 saturated carbocycles. The van der Waals surface area contributed by atoms with E-state index < -0.39 is 5.25 Å². The van der Waals surface area contributed by atoms with Crippen molar-refractivity contribution in [3.05, 3.63) is 58.5 Å². The smallest absolute Gasteiger partial charge is 0.295 e. The lowest BCUT2D eigenvalue weighted by Crippen LogP contribution is -2.27. The fourth-order valence-electron chi connectivity index (χ4n) is 3.69. The Labute approximate surface area is 205 Å². The zero-order chi connectivity index (χ0) is 24.2. The van der Waals surface area contributed by atoms with Gasteiger partial charge in [0.15, 0.2) is 4.34 Å². The lowest BCUT2D eigenvalue weighted by molar-refractivity contribution is -0.120. The molecule has 0 radical (unpaired) electrons. The Morgan fingerprint density at radius 1 is 1.18 bits per heavy atom. The molecule has 0 aliphatic heterocycles. The Morgan fingerprint density at radius 3 is 2.65 bits per heavy atom. The topological polar surface area (TPSA) is 111 Å². The number of anilines is 2. The first-order chi connectivity index (χ1) is 16.3. The first-order valence-electron chi connectivity index (χ1n) is 11.0. The average Bonchev–Trinajstić information content (AvgIpc) is 3.37. The van der Waals surface area contributed by atoms with E-state index in [-0.39, 0.29) is 29.0 Å². The molecule has 1 aliphatic rings. The number of hydrogen-bond donors (Lipinski definition) is 2. The summed E-state index contributed by atoms with van der Waals surface area (Å²) in [7, 11) is 1.78. The van der Waals surface area contributed by atoms with Crippen molar-refractivity contribution in [2.24, 2.45) is 13.0 Å². The number of allylic oxidation sites excluding steroid dienone is 2. The number of amides is 2. The maximum Gasteiger partial charge on any atom is 0.295 e. The summed E-state index contributed by atoms with van der Waals surface area (Å²) in [5.74, 6) is -0.424. The van der Waals surface area contributed by atoms with Crippen LogP contribution in [0.15, 0.2) is 51.6 Å². The summed E-state index contributed by atoms with van der Waals surface area (Å²) >= 11 is 2.46. The van der Waals surface area contributed by atoms with Crippen LogP contribution in [-0.4, -0.2) is 36.6 Å². The second-order valence-corrected chi connectivity index (χ2v) is 10.6. The van der Waals surface area contributed by atoms with Crippen LogP contribution in [0.25, 0.3) is 5.69 Å². The third kappa shape index (κ3) is 5.15. The normalized spacial score (nSPS) is 16.3. The van der Waals surface area contributed by atoms with Crippen molar-refractivity contribution in [1.82, 2.24) is 19.6 Å². The Kier molecular flexibility index (Phi) is 7.32. The molecule has 2 N–H and O–H groups in total. The molecule has 0 fully saturated rings. The molecule has 0 spiro atoms. The SMILES string of the molecule is Cc1c(NC(=O)[C@H](C)Sc2nnc(NC(=O)[C@H]3CC=CCC3)s2)c(=O)n(-c2ccccc2)n1C. The molecule has 2 aromatic heterocycles. The lowest BCUT2D eigenvalue weighted by atomic mass is 9.94. The molecule has 0 saturated heterocycles. The molecule has 3 aromatic rings. The monoisotopic (exact) mass is 498 g/mol. The van der Waals surface area contributed by atoms with Crippen LogP contribution in [0.1, 0.15) is 31.9 Å². The van der Waals surface area contributed by atoms with Crippen LogP contribution < -0.4 is 16.2 Å². The highest BCUT2D eigenvalue weighted by Crippen LogP contribution is 2.30. The van der Waals surface area contributed by atoms with Gasteiger partial charge in [0.05, 0.1) is 16.6 Å². The van der Waals surface area contributed by atoms with Crippen LogP contribution in [0.3, 0.4) is 0 Å². The number of para-hydroxylation sites is 1. The number of nitrogens with zero attached hydrogens (tertiary/aromatic N) is 4. The zero-order valence-corrected chi connectivity index (χ0v) is 20.8. The van der Waals surface area contributed by atoms with Crippen molar-refractivity contribution in [3.63, 3.8) is 0 Å². The van der Waals surface area contributed by atoms with E-state index in [1.807, 2.05) is 36.4 Å². The quantitative estimate of drug-likeness (QED) is 0.292. The maximum atomic E-state index is 13.0. The van der Waals surface area contributed by atoms with E-state index >= 15 is 0 Å². The molecule has 34 heavy (non-hydrogen) atoms. The predicted octanol–water partition coefficient (Wildman–Crippen LogP) is 3.75. The molecule has 1 aromatic carbocycles. The molecule has 1 aliphatic carbocycles. The molecule has 0 unspecified atom stereocenters. The Bertz CT molecular complexity index is 1280. The Balaban J connectivity index is 1.40. The fraction of sp³-hybridized carbons (Fsp3) is 0.348. The minimum absolute atomic E-state index is 0.0521. The van der Waals surface area contributed by atoms with Crippen molar-refractivity contribution >= 4 is 45.7 Å². The van der Waals surface area contributed by atoms with Gasteiger partial charge in [-0.3, -0.25) is 19.1 Å². The second-order valence-electron chi connectivity index (χ2n) is 8.03. The van der Waals surface area contributed by atoms with Gasteiger partial charge in [0.1, 0.15) is 5.69 Å². The minimum Gasteiger partial charge on any atom is -0.319 e. The van der Waals surface area contributed by atoms with E-state index in [0.29, 0.717) is 20.9 Å². The van der Waals surface area contributed by atoms with Gasteiger partial charge in [0.25, 0.3) is 5.56 Å². The minimum atomic E-state index is -0.524. The molecule has 2 amide bonds. The van der Waals surface area contributed by atoms with Gasteiger partial charge in [-0.15, -0.1) is 10.2 Å². The number of rotatable bonds is 7. The maximum absolute atomic E-state index is 13.0. The number of thioether (sulfide) groups is 1. The van der Waals surface area contributed by atoms with Crippen molar-refractivity contribution in [3.8, 4) is 5.69 Å². The number of carbonyl (C=O) groups is 2.